The van der Waals surface area contributed by atoms with Gasteiger partial charge >= 0.3 is 0 Å². The summed E-state index contributed by atoms with van der Waals surface area (Å²) in [6.45, 7) is 5.36. The fourth-order valence-electron chi connectivity index (χ4n) is 3.54. The molecular weight excluding hydrogens is 302 g/mol. The van der Waals surface area contributed by atoms with Crippen LogP contribution in [-0.4, -0.2) is 44.2 Å². The van der Waals surface area contributed by atoms with E-state index in [0.29, 0.717) is 5.92 Å². The zero-order valence-electron chi connectivity index (χ0n) is 12.5. The number of rotatable bonds is 5. The topological polar surface area (TPSA) is 29.0 Å². The van der Waals surface area contributed by atoms with E-state index in [1.54, 1.807) is 12.4 Å². The summed E-state index contributed by atoms with van der Waals surface area (Å²) < 4.78 is 0. The average Bonchev–Trinajstić information content (AvgIpc) is 2.53. The number of piperidine rings is 3. The summed E-state index contributed by atoms with van der Waals surface area (Å²) in [6.07, 6.45) is 8.97. The number of aromatic nitrogens is 2. The molecule has 5 heteroatoms. The monoisotopic (exact) mass is 323 g/mol. The predicted molar refractivity (Wildman–Crippen MR) is 90.1 cm³/mol. The third kappa shape index (κ3) is 2.86. The van der Waals surface area contributed by atoms with E-state index < -0.39 is 4.87 Å². The second-order valence-electron chi connectivity index (χ2n) is 6.20. The van der Waals surface area contributed by atoms with Crippen molar-refractivity contribution in [2.24, 2.45) is 5.92 Å². The summed E-state index contributed by atoms with van der Waals surface area (Å²) in [4.78, 5) is 11.9. The highest BCUT2D eigenvalue weighted by Gasteiger charge is 2.49. The highest BCUT2D eigenvalue weighted by atomic mass is 35.5. The van der Waals surface area contributed by atoms with E-state index in [2.05, 4.69) is 21.8 Å². The highest BCUT2D eigenvalue weighted by Crippen LogP contribution is 2.42. The van der Waals surface area contributed by atoms with Gasteiger partial charge in [-0.1, -0.05) is 25.6 Å². The van der Waals surface area contributed by atoms with Crippen LogP contribution in [0.3, 0.4) is 0 Å². The number of fused-ring (bicyclic) bond motifs is 3. The summed E-state index contributed by atoms with van der Waals surface area (Å²) in [5.74, 6) is 0.484. The van der Waals surface area contributed by atoms with Crippen LogP contribution in [0.2, 0.25) is 0 Å². The zero-order valence-corrected chi connectivity index (χ0v) is 14.1. The van der Waals surface area contributed by atoms with Crippen molar-refractivity contribution in [3.8, 4) is 0 Å². The maximum atomic E-state index is 7.01. The van der Waals surface area contributed by atoms with Gasteiger partial charge in [0.05, 0.1) is 15.4 Å². The second kappa shape index (κ2) is 6.27. The first-order valence-electron chi connectivity index (χ1n) is 7.91. The van der Waals surface area contributed by atoms with Gasteiger partial charge in [0.25, 0.3) is 0 Å². The van der Waals surface area contributed by atoms with Crippen molar-refractivity contribution in [3.63, 3.8) is 0 Å². The molecule has 0 radical (unpaired) electrons. The van der Waals surface area contributed by atoms with Gasteiger partial charge in [0.2, 0.25) is 0 Å². The van der Waals surface area contributed by atoms with Crippen molar-refractivity contribution in [1.82, 2.24) is 14.9 Å². The minimum Gasteiger partial charge on any atom is -0.301 e. The van der Waals surface area contributed by atoms with E-state index in [1.165, 1.54) is 0 Å². The van der Waals surface area contributed by atoms with Gasteiger partial charge in [-0.05, 0) is 44.7 Å². The van der Waals surface area contributed by atoms with Crippen molar-refractivity contribution in [3.05, 3.63) is 23.8 Å². The Morgan fingerprint density at radius 3 is 2.71 bits per heavy atom. The Bertz CT molecular complexity index is 528. The Morgan fingerprint density at radius 2 is 2.10 bits per heavy atom. The molecule has 0 N–H and O–H groups in total. The molecule has 2 bridgehead atoms. The third-order valence-corrected chi connectivity index (χ3v) is 6.11. The molecule has 1 atom stereocenters. The number of aryl methyl sites for hydroxylation is 1. The lowest BCUT2D eigenvalue weighted by Gasteiger charge is -2.50. The average molecular weight is 324 g/mol. The number of halogens is 1. The Kier molecular flexibility index (Phi) is 4.57. The van der Waals surface area contributed by atoms with Crippen LogP contribution >= 0.6 is 23.8 Å². The minimum atomic E-state index is -0.428. The summed E-state index contributed by atoms with van der Waals surface area (Å²) in [5, 5.41) is 0. The molecule has 4 rings (SSSR count). The number of alkyl halides is 1. The van der Waals surface area contributed by atoms with Gasteiger partial charge in [-0.3, -0.25) is 9.97 Å². The van der Waals surface area contributed by atoms with Gasteiger partial charge in [-0.15, -0.1) is 11.6 Å². The number of thiocarbonyl (C=S) groups is 1. The van der Waals surface area contributed by atoms with E-state index in [9.17, 15) is 0 Å². The molecular formula is C16H22ClN3S. The van der Waals surface area contributed by atoms with Gasteiger partial charge in [0, 0.05) is 18.9 Å². The number of hydrogen-bond acceptors (Lipinski definition) is 4. The van der Waals surface area contributed by atoms with Gasteiger partial charge in [-0.25, -0.2) is 0 Å². The Labute approximate surface area is 137 Å². The molecule has 3 saturated heterocycles. The van der Waals surface area contributed by atoms with Crippen LogP contribution < -0.4 is 0 Å². The minimum absolute atomic E-state index is 0.428. The van der Waals surface area contributed by atoms with E-state index in [0.717, 1.165) is 68.0 Å². The molecule has 1 unspecified atom stereocenters. The molecule has 21 heavy (non-hydrogen) atoms. The molecule has 0 amide bonds. The lowest BCUT2D eigenvalue weighted by Crippen LogP contribution is -2.59. The molecule has 0 aromatic carbocycles. The fourth-order valence-corrected chi connectivity index (χ4v) is 4.42. The fraction of sp³-hybridized carbons (Fsp3) is 0.688. The van der Waals surface area contributed by atoms with Gasteiger partial charge < -0.3 is 4.90 Å². The standard InChI is InChI=1S/C16H22ClN3S/c1-2-3-4-13-14(19-8-7-18-13)15(21)16(17)11-20-9-5-12(16)6-10-20/h7-8,12H,2-6,9-11H2,1H3. The third-order valence-electron chi connectivity index (χ3n) is 4.82. The SMILES string of the molecule is CCCCc1nccnc1C(=S)C1(Cl)CN2CCC1CC2. The molecule has 114 valence electrons. The van der Waals surface area contributed by atoms with Crippen molar-refractivity contribution >= 4 is 28.7 Å². The smallest absolute Gasteiger partial charge is 0.100 e. The normalized spacial score (nSPS) is 31.3. The molecule has 1 aromatic heterocycles. The van der Waals surface area contributed by atoms with E-state index >= 15 is 0 Å². The van der Waals surface area contributed by atoms with Gasteiger partial charge in [0.15, 0.2) is 0 Å². The number of hydrogen-bond donors (Lipinski definition) is 0. The molecule has 0 spiro atoms. The predicted octanol–water partition coefficient (Wildman–Crippen LogP) is 3.24. The van der Waals surface area contributed by atoms with Crippen LogP contribution in [0.1, 0.15) is 44.0 Å². The largest absolute Gasteiger partial charge is 0.301 e. The Hall–Kier alpha value is -0.580. The van der Waals surface area contributed by atoms with Gasteiger partial charge in [0.1, 0.15) is 5.69 Å². The summed E-state index contributed by atoms with van der Waals surface area (Å²) in [7, 11) is 0. The van der Waals surface area contributed by atoms with Crippen molar-refractivity contribution < 1.29 is 0 Å². The quantitative estimate of drug-likeness (QED) is 0.472. The number of unbranched alkanes of at least 4 members (excludes halogenated alkanes) is 1. The van der Waals surface area contributed by atoms with E-state index in [-0.39, 0.29) is 0 Å². The van der Waals surface area contributed by atoms with Crippen molar-refractivity contribution in [2.45, 2.75) is 43.9 Å². The molecule has 4 heterocycles. The maximum Gasteiger partial charge on any atom is 0.100 e. The molecule has 3 fully saturated rings. The Morgan fingerprint density at radius 1 is 1.38 bits per heavy atom. The highest BCUT2D eigenvalue weighted by molar-refractivity contribution is 7.81. The summed E-state index contributed by atoms with van der Waals surface area (Å²) in [6, 6.07) is 0. The van der Waals surface area contributed by atoms with Crippen molar-refractivity contribution in [1.29, 1.82) is 0 Å². The van der Waals surface area contributed by atoms with Gasteiger partial charge in [-0.2, -0.15) is 0 Å². The molecule has 1 aromatic rings. The van der Waals surface area contributed by atoms with Crippen LogP contribution in [0.4, 0.5) is 0 Å². The van der Waals surface area contributed by atoms with E-state index in [1.807, 2.05) is 0 Å². The summed E-state index contributed by atoms with van der Waals surface area (Å²) in [5.41, 5.74) is 1.88. The molecule has 3 nitrogen and oxygen atoms in total. The first kappa shape index (κ1) is 15.3. The van der Waals surface area contributed by atoms with Crippen LogP contribution in [0.25, 0.3) is 0 Å². The second-order valence-corrected chi connectivity index (χ2v) is 7.28. The molecule has 3 aliphatic heterocycles. The molecule has 3 aliphatic rings. The zero-order chi connectivity index (χ0) is 14.9. The lowest BCUT2D eigenvalue weighted by molar-refractivity contribution is 0.0961. The van der Waals surface area contributed by atoms with E-state index in [4.69, 9.17) is 23.8 Å². The first-order valence-corrected chi connectivity index (χ1v) is 8.69. The van der Waals surface area contributed by atoms with Crippen LogP contribution in [0.15, 0.2) is 12.4 Å². The van der Waals surface area contributed by atoms with Crippen LogP contribution in [-0.2, 0) is 6.42 Å². The summed E-state index contributed by atoms with van der Waals surface area (Å²) >= 11 is 12.8. The Balaban J connectivity index is 1.88. The van der Waals surface area contributed by atoms with Crippen LogP contribution in [0, 0.1) is 5.92 Å². The van der Waals surface area contributed by atoms with Crippen LogP contribution in [0.5, 0.6) is 0 Å². The lowest BCUT2D eigenvalue weighted by atomic mass is 9.75. The molecule has 0 aliphatic carbocycles. The number of nitrogens with zero attached hydrogens (tertiary/aromatic N) is 3. The maximum absolute atomic E-state index is 7.01. The first-order chi connectivity index (χ1) is 10.1. The molecule has 0 saturated carbocycles. The van der Waals surface area contributed by atoms with Crippen molar-refractivity contribution in [2.75, 3.05) is 19.6 Å².